The van der Waals surface area contributed by atoms with Gasteiger partial charge < -0.3 is 29.7 Å². The first-order valence-corrected chi connectivity index (χ1v) is 20.5. The van der Waals surface area contributed by atoms with Gasteiger partial charge in [0.25, 0.3) is 10.1 Å². The first-order valence-electron chi connectivity index (χ1n) is 15.0. The summed E-state index contributed by atoms with van der Waals surface area (Å²) in [6, 6.07) is 10.1. The number of nitrogens with zero attached hydrogens (tertiary/aromatic N) is 5. The number of hydrogen-bond donors (Lipinski definition) is 5. The molecule has 0 saturated carbocycles. The van der Waals surface area contributed by atoms with Crippen LogP contribution in [-0.2, 0) is 31.3 Å². The van der Waals surface area contributed by atoms with Crippen LogP contribution in [0.2, 0.25) is 10.0 Å². The second kappa shape index (κ2) is 14.5. The van der Waals surface area contributed by atoms with Crippen LogP contribution in [0.3, 0.4) is 0 Å². The molecule has 0 fully saturated rings. The highest BCUT2D eigenvalue weighted by Gasteiger charge is 2.34. The van der Waals surface area contributed by atoms with Crippen molar-refractivity contribution in [1.29, 1.82) is 0 Å². The first kappa shape index (κ1) is 38.7. The topological polar surface area (TPSA) is 271 Å². The van der Waals surface area contributed by atoms with E-state index >= 15 is 0 Å². The van der Waals surface area contributed by atoms with E-state index in [1.807, 2.05) is 0 Å². The molecule has 0 bridgehead atoms. The summed E-state index contributed by atoms with van der Waals surface area (Å²) < 4.78 is 118. The van der Waals surface area contributed by atoms with Gasteiger partial charge in [-0.05, 0) is 82.5 Å². The number of halogens is 4. The summed E-state index contributed by atoms with van der Waals surface area (Å²) >= 11 is 14.0. The van der Waals surface area contributed by atoms with E-state index in [1.54, 1.807) is 6.92 Å². The molecule has 18 nitrogen and oxygen atoms in total. The Labute approximate surface area is 329 Å². The molecule has 7 rings (SSSR count). The monoisotopic (exact) mass is 915 g/mol. The molecule has 286 valence electrons. The quantitative estimate of drug-likeness (QED) is 0.0626. The Hall–Kier alpha value is -4.59. The molecule has 55 heavy (non-hydrogen) atoms. The lowest BCUT2D eigenvalue weighted by Crippen LogP contribution is -2.24. The molecule has 1 aromatic heterocycles. The molecule has 2 aliphatic heterocycles. The van der Waals surface area contributed by atoms with Gasteiger partial charge in [0.1, 0.15) is 26.9 Å². The minimum absolute atomic E-state index is 0.00511. The summed E-state index contributed by atoms with van der Waals surface area (Å²) in [5, 5.41) is 7.74. The summed E-state index contributed by atoms with van der Waals surface area (Å²) in [5.74, 6) is -1.36. The zero-order valence-electron chi connectivity index (χ0n) is 27.0. The maximum atomic E-state index is 14.3. The molecule has 1 aliphatic carbocycles. The Bertz CT molecular complexity index is 2870. The van der Waals surface area contributed by atoms with Crippen LogP contribution in [0.15, 0.2) is 77.1 Å². The molecule has 2 atom stereocenters. The molecular weight excluding hydrogens is 898 g/mol. The van der Waals surface area contributed by atoms with E-state index in [9.17, 15) is 39.1 Å². The van der Waals surface area contributed by atoms with Crippen molar-refractivity contribution < 1.29 is 48.2 Å². The van der Waals surface area contributed by atoms with E-state index in [2.05, 4.69) is 56.8 Å². The zero-order chi connectivity index (χ0) is 39.6. The maximum Gasteiger partial charge on any atom is 0.315 e. The average Bonchev–Trinajstić information content (AvgIpc) is 3.10. The van der Waals surface area contributed by atoms with Crippen LogP contribution in [0.25, 0.3) is 22.6 Å². The summed E-state index contributed by atoms with van der Waals surface area (Å²) in [5.41, 5.74) is -0.0985. The molecule has 0 amide bonds. The average molecular weight is 918 g/mol. The summed E-state index contributed by atoms with van der Waals surface area (Å²) in [7, 11) is -9.86. The Balaban J connectivity index is 1.22. The molecule has 5 N–H and O–H groups in total. The van der Waals surface area contributed by atoms with Gasteiger partial charge in [-0.1, -0.05) is 23.2 Å². The Morgan fingerprint density at radius 3 is 2.33 bits per heavy atom. The van der Waals surface area contributed by atoms with Crippen LogP contribution in [0.1, 0.15) is 6.92 Å². The lowest BCUT2D eigenvalue weighted by Gasteiger charge is -2.26. The van der Waals surface area contributed by atoms with Gasteiger partial charge in [-0.3, -0.25) is 18.3 Å². The van der Waals surface area contributed by atoms with E-state index in [0.717, 1.165) is 0 Å². The standard InChI is InChI=1S/C30H20BrCl2FN8O10S3/c1-11(36-29-40-28(34)41-30(42-29)37-12-2-4-13(5-3-12)53(43)44)10-35-17-9-8-16-23(27(17)55(48,49)50)52-25-19(33)20-24(18(32)21(25)39-16)51-22-15(38-20)7-6-14(31)26(22)54(45,46)47/h2-9,11,38H,10H2,1H3,(H,43,44)(H,45,46,47)(H,48,49,50)(H2,36,37,40,41,42)/p-1. The van der Waals surface area contributed by atoms with Crippen molar-refractivity contribution in [2.75, 3.05) is 22.5 Å². The van der Waals surface area contributed by atoms with Crippen molar-refractivity contribution in [3.05, 3.63) is 74.5 Å². The number of anilines is 5. The number of aromatic nitrogens is 4. The van der Waals surface area contributed by atoms with E-state index in [1.165, 1.54) is 48.5 Å². The minimum atomic E-state index is -5.06. The highest BCUT2D eigenvalue weighted by Crippen LogP contribution is 2.55. The van der Waals surface area contributed by atoms with Gasteiger partial charge in [-0.25, -0.2) is 4.98 Å². The molecular formula is C30H19BrCl2FN8O10S3-. The van der Waals surface area contributed by atoms with Gasteiger partial charge in [0.15, 0.2) is 32.6 Å². The summed E-state index contributed by atoms with van der Waals surface area (Å²) in [6.07, 6.45) is -1.15. The fraction of sp³-hybridized carbons (Fsp3) is 0.100. The largest absolute Gasteiger partial charge is 0.768 e. The van der Waals surface area contributed by atoms with Gasteiger partial charge in [0.05, 0.1) is 17.6 Å². The Morgan fingerprint density at radius 1 is 0.964 bits per heavy atom. The molecule has 25 heteroatoms. The first-order chi connectivity index (χ1) is 25.9. The predicted octanol–water partition coefficient (Wildman–Crippen LogP) is 6.05. The summed E-state index contributed by atoms with van der Waals surface area (Å²) in [4.78, 5) is 18.7. The molecule has 3 aliphatic rings. The van der Waals surface area contributed by atoms with Crippen molar-refractivity contribution in [1.82, 2.24) is 19.9 Å². The zero-order valence-corrected chi connectivity index (χ0v) is 32.6. The molecule has 2 unspecified atom stereocenters. The van der Waals surface area contributed by atoms with E-state index < -0.39 is 59.0 Å². The van der Waals surface area contributed by atoms with Gasteiger partial charge in [0.2, 0.25) is 11.9 Å². The van der Waals surface area contributed by atoms with Gasteiger partial charge in [0, 0.05) is 21.1 Å². The fourth-order valence-electron chi connectivity index (χ4n) is 5.33. The van der Waals surface area contributed by atoms with Crippen LogP contribution in [0, 0.1) is 6.08 Å². The second-order valence-electron chi connectivity index (χ2n) is 11.4. The maximum absolute atomic E-state index is 14.3. The highest BCUT2D eigenvalue weighted by atomic mass is 79.9. The van der Waals surface area contributed by atoms with Crippen LogP contribution in [0.5, 0.6) is 11.5 Å². The molecule has 0 spiro atoms. The van der Waals surface area contributed by atoms with Crippen molar-refractivity contribution in [3.63, 3.8) is 0 Å². The third kappa shape index (κ3) is 7.66. The van der Waals surface area contributed by atoms with Gasteiger partial charge in [-0.15, -0.1) is 0 Å². The van der Waals surface area contributed by atoms with Crippen LogP contribution >= 0.6 is 39.1 Å². The number of ether oxygens (including phenoxy) is 1. The Kier molecular flexibility index (Phi) is 10.2. The normalized spacial score (nSPS) is 14.1. The van der Waals surface area contributed by atoms with Crippen molar-refractivity contribution in [3.8, 4) is 23.0 Å². The van der Waals surface area contributed by atoms with Crippen molar-refractivity contribution >= 4 is 111 Å². The number of fused-ring (bicyclic) bond motifs is 4. The Morgan fingerprint density at radius 2 is 1.65 bits per heavy atom. The molecule has 3 heterocycles. The lowest BCUT2D eigenvalue weighted by atomic mass is 10.1. The van der Waals surface area contributed by atoms with E-state index in [0.29, 0.717) is 5.69 Å². The van der Waals surface area contributed by atoms with E-state index in [4.69, 9.17) is 32.4 Å². The number of nitrogens with one attached hydrogen (secondary N) is 3. The van der Waals surface area contributed by atoms with Gasteiger partial charge >= 0.3 is 16.2 Å². The van der Waals surface area contributed by atoms with Gasteiger partial charge in [-0.2, -0.15) is 36.2 Å². The SMILES string of the molecule is CC(CN=c1ccc2nc3c(Cl)c4c(c(Cl)c3oc-2c1S(=O)(=O)O)Nc1ccc(Br)c(S(=O)(=O)O)c1O4)Nc1nc(F)nc(Nc2ccc(S(=O)[O-])cc2)n1. The van der Waals surface area contributed by atoms with E-state index in [-0.39, 0.29) is 82.9 Å². The number of benzene rings is 4. The van der Waals surface area contributed by atoms with Crippen molar-refractivity contribution in [2.24, 2.45) is 4.99 Å². The third-order valence-electron chi connectivity index (χ3n) is 7.64. The minimum Gasteiger partial charge on any atom is -0.768 e. The molecule has 0 saturated heterocycles. The van der Waals surface area contributed by atoms with Crippen LogP contribution < -0.4 is 26.0 Å². The predicted molar refractivity (Wildman–Crippen MR) is 198 cm³/mol. The second-order valence-corrected chi connectivity index (χ2v) is 16.7. The fourth-order valence-corrected chi connectivity index (χ4v) is 8.61. The number of hydrogen-bond acceptors (Lipinski definition) is 16. The molecule has 4 aromatic rings. The highest BCUT2D eigenvalue weighted by molar-refractivity contribution is 9.10. The van der Waals surface area contributed by atoms with Crippen molar-refractivity contribution in [2.45, 2.75) is 27.7 Å². The third-order valence-corrected chi connectivity index (χ3v) is 11.8. The molecule has 3 aromatic carbocycles. The summed E-state index contributed by atoms with van der Waals surface area (Å²) in [6.45, 7) is 1.42. The smallest absolute Gasteiger partial charge is 0.315 e. The number of rotatable bonds is 9. The van der Waals surface area contributed by atoms with Crippen LogP contribution in [0.4, 0.5) is 33.3 Å². The molecule has 0 radical (unpaired) electrons. The van der Waals surface area contributed by atoms with Crippen LogP contribution in [-0.4, -0.2) is 67.2 Å². The lowest BCUT2D eigenvalue weighted by molar-refractivity contribution is 0.447.